The number of nitrogens with one attached hydrogen (secondary N) is 1. The van der Waals surface area contributed by atoms with Gasteiger partial charge in [-0.15, -0.1) is 0 Å². The third-order valence-corrected chi connectivity index (χ3v) is 6.42. The number of hydrogen-bond acceptors (Lipinski definition) is 13. The summed E-state index contributed by atoms with van der Waals surface area (Å²) >= 11 is 0. The normalized spacial score (nSPS) is 37.7. The van der Waals surface area contributed by atoms with E-state index in [-0.39, 0.29) is 18.9 Å². The zero-order chi connectivity index (χ0) is 28.4. The molecule has 2 saturated heterocycles. The Bertz CT molecular complexity index is 723. The fraction of sp³-hybridized carbons (Fsp3) is 0.875. The van der Waals surface area contributed by atoms with Crippen molar-refractivity contribution in [2.75, 3.05) is 19.8 Å². The molecule has 12 unspecified atom stereocenters. The lowest BCUT2D eigenvalue weighted by atomic mass is 9.97. The highest BCUT2D eigenvalue weighted by Gasteiger charge is 2.50. The zero-order valence-corrected chi connectivity index (χ0v) is 21.7. The quantitative estimate of drug-likeness (QED) is 0.0958. The van der Waals surface area contributed by atoms with Crippen LogP contribution in [-0.2, 0) is 23.7 Å². The molecule has 2 fully saturated rings. The topological polar surface area (TPSA) is 228 Å². The van der Waals surface area contributed by atoms with Crippen molar-refractivity contribution in [1.82, 2.24) is 5.32 Å². The molecule has 38 heavy (non-hydrogen) atoms. The number of aliphatic hydroxyl groups excluding tert-OH is 8. The summed E-state index contributed by atoms with van der Waals surface area (Å²) in [4.78, 5) is 12.1. The summed E-state index contributed by atoms with van der Waals surface area (Å²) in [5.41, 5.74) is 0. The van der Waals surface area contributed by atoms with Crippen molar-refractivity contribution in [3.63, 3.8) is 0 Å². The number of carbonyl (C=O) groups excluding carboxylic acids is 1. The van der Waals surface area contributed by atoms with Gasteiger partial charge < -0.3 is 65.1 Å². The molecule has 14 nitrogen and oxygen atoms in total. The van der Waals surface area contributed by atoms with Crippen molar-refractivity contribution in [1.29, 1.82) is 0 Å². The average molecular weight is 554 g/mol. The van der Waals surface area contributed by atoms with Crippen LogP contribution in [0.1, 0.15) is 39.5 Å². The molecule has 0 spiro atoms. The van der Waals surface area contributed by atoms with Gasteiger partial charge in [0.15, 0.2) is 12.6 Å². The lowest BCUT2D eigenvalue weighted by molar-refractivity contribution is -0.359. The Morgan fingerprint density at radius 3 is 2.13 bits per heavy atom. The summed E-state index contributed by atoms with van der Waals surface area (Å²) in [7, 11) is 0. The number of aliphatic hydroxyl groups is 8. The Labute approximate surface area is 221 Å². The van der Waals surface area contributed by atoms with Gasteiger partial charge in [-0.1, -0.05) is 32.4 Å². The highest BCUT2D eigenvalue weighted by Crippen LogP contribution is 2.29. The Morgan fingerprint density at radius 2 is 1.53 bits per heavy atom. The molecule has 1 amide bonds. The van der Waals surface area contributed by atoms with Crippen molar-refractivity contribution >= 4 is 5.91 Å². The van der Waals surface area contributed by atoms with Gasteiger partial charge in [0.05, 0.1) is 32.0 Å². The van der Waals surface area contributed by atoms with Crippen LogP contribution in [0.4, 0.5) is 0 Å². The molecule has 2 heterocycles. The molecule has 2 rings (SSSR count). The number of carbonyl (C=O) groups is 1. The Hall–Kier alpha value is -1.27. The van der Waals surface area contributed by atoms with Crippen molar-refractivity contribution in [3.8, 4) is 0 Å². The van der Waals surface area contributed by atoms with Crippen LogP contribution in [0.25, 0.3) is 0 Å². The van der Waals surface area contributed by atoms with Crippen LogP contribution in [0.15, 0.2) is 12.2 Å². The van der Waals surface area contributed by atoms with Crippen LogP contribution < -0.4 is 5.32 Å². The molecule has 0 aromatic heterocycles. The first-order valence-corrected chi connectivity index (χ1v) is 12.9. The third kappa shape index (κ3) is 8.61. The molecule has 0 aliphatic carbocycles. The Kier molecular flexibility index (Phi) is 14.0. The summed E-state index contributed by atoms with van der Waals surface area (Å²) in [6.07, 6.45) is -11.2. The van der Waals surface area contributed by atoms with E-state index in [1.165, 1.54) is 6.08 Å². The smallest absolute Gasteiger partial charge is 0.220 e. The molecule has 0 bridgehead atoms. The molecular weight excluding hydrogens is 510 g/mol. The first-order valence-electron chi connectivity index (χ1n) is 12.9. The summed E-state index contributed by atoms with van der Waals surface area (Å²) in [5, 5.41) is 83.9. The molecular formula is C24H43NO13. The third-order valence-electron chi connectivity index (χ3n) is 6.42. The number of allylic oxidation sites excluding steroid dienone is 1. The second-order valence-corrected chi connectivity index (χ2v) is 9.47. The molecule has 0 aromatic carbocycles. The number of rotatable bonds is 14. The minimum atomic E-state index is -1.78. The second kappa shape index (κ2) is 16.1. The largest absolute Gasteiger partial charge is 0.394 e. The van der Waals surface area contributed by atoms with E-state index in [2.05, 4.69) is 5.32 Å². The van der Waals surface area contributed by atoms with E-state index < -0.39 is 86.8 Å². The molecule has 2 aliphatic heterocycles. The van der Waals surface area contributed by atoms with Gasteiger partial charge in [0.1, 0.15) is 48.8 Å². The molecule has 0 saturated carbocycles. The van der Waals surface area contributed by atoms with Crippen molar-refractivity contribution in [2.45, 2.75) is 113 Å². The van der Waals surface area contributed by atoms with E-state index >= 15 is 0 Å². The van der Waals surface area contributed by atoms with Gasteiger partial charge in [0, 0.05) is 6.42 Å². The van der Waals surface area contributed by atoms with Crippen molar-refractivity contribution in [3.05, 3.63) is 12.2 Å². The average Bonchev–Trinajstić information content (AvgIpc) is 2.90. The monoisotopic (exact) mass is 553 g/mol. The van der Waals surface area contributed by atoms with Crippen molar-refractivity contribution < 1.29 is 64.6 Å². The number of ether oxygens (including phenoxy) is 4. The first kappa shape index (κ1) is 32.9. The van der Waals surface area contributed by atoms with Gasteiger partial charge in [0.2, 0.25) is 5.91 Å². The van der Waals surface area contributed by atoms with Crippen molar-refractivity contribution in [2.24, 2.45) is 0 Å². The van der Waals surface area contributed by atoms with Gasteiger partial charge in [-0.25, -0.2) is 0 Å². The standard InChI is InChI=1S/C24H43NO13/c1-3-5-6-8-13(28)12(25-16(29)7-4-2)11-35-23-21(34)19(32)22(15(10-27)37-23)38-24-20(33)18(31)17(30)14(9-26)36-24/h6,8,12-15,17-24,26-28,30-34H,3-5,7,9-11H2,1-2H3,(H,25,29)/b8-6+. The molecule has 14 heteroatoms. The number of hydrogen-bond donors (Lipinski definition) is 9. The predicted octanol–water partition coefficient (Wildman–Crippen LogP) is -3.37. The van der Waals surface area contributed by atoms with Gasteiger partial charge >= 0.3 is 0 Å². The number of amides is 1. The molecule has 0 aromatic rings. The summed E-state index contributed by atoms with van der Waals surface area (Å²) in [5.74, 6) is -0.310. The maximum Gasteiger partial charge on any atom is 0.220 e. The lowest BCUT2D eigenvalue weighted by Crippen LogP contribution is -2.65. The maximum absolute atomic E-state index is 12.1. The van der Waals surface area contributed by atoms with Gasteiger partial charge in [-0.2, -0.15) is 0 Å². The second-order valence-electron chi connectivity index (χ2n) is 9.47. The van der Waals surface area contributed by atoms with Gasteiger partial charge in [-0.3, -0.25) is 4.79 Å². The summed E-state index contributed by atoms with van der Waals surface area (Å²) in [6.45, 7) is 2.07. The summed E-state index contributed by atoms with van der Waals surface area (Å²) < 4.78 is 22.0. The minimum absolute atomic E-state index is 0.229. The summed E-state index contributed by atoms with van der Waals surface area (Å²) in [6, 6.07) is -0.897. The van der Waals surface area contributed by atoms with Crippen LogP contribution in [0.2, 0.25) is 0 Å². The molecule has 9 N–H and O–H groups in total. The van der Waals surface area contributed by atoms with Gasteiger partial charge in [-0.05, 0) is 12.8 Å². The highest BCUT2D eigenvalue weighted by atomic mass is 16.7. The first-order chi connectivity index (χ1) is 18.1. The van der Waals surface area contributed by atoms with E-state index in [4.69, 9.17) is 18.9 Å². The molecule has 2 aliphatic rings. The van der Waals surface area contributed by atoms with Crippen LogP contribution in [0.5, 0.6) is 0 Å². The fourth-order valence-electron chi connectivity index (χ4n) is 4.16. The Morgan fingerprint density at radius 1 is 0.895 bits per heavy atom. The zero-order valence-electron chi connectivity index (χ0n) is 21.7. The molecule has 222 valence electrons. The van der Waals surface area contributed by atoms with E-state index in [9.17, 15) is 45.6 Å². The van der Waals surface area contributed by atoms with E-state index in [0.717, 1.165) is 12.8 Å². The van der Waals surface area contributed by atoms with Crippen LogP contribution in [0.3, 0.4) is 0 Å². The van der Waals surface area contributed by atoms with Crippen LogP contribution >= 0.6 is 0 Å². The van der Waals surface area contributed by atoms with E-state index in [0.29, 0.717) is 6.42 Å². The maximum atomic E-state index is 12.1. The van der Waals surface area contributed by atoms with Gasteiger partial charge in [0.25, 0.3) is 0 Å². The van der Waals surface area contributed by atoms with E-state index in [1.807, 2.05) is 13.8 Å². The molecule has 0 radical (unpaired) electrons. The molecule has 12 atom stereocenters. The minimum Gasteiger partial charge on any atom is -0.394 e. The number of unbranched alkanes of at least 4 members (excludes halogenated alkanes) is 1. The Balaban J connectivity index is 2.08. The van der Waals surface area contributed by atoms with Crippen LogP contribution in [-0.4, -0.2) is 140 Å². The van der Waals surface area contributed by atoms with E-state index in [1.54, 1.807) is 6.08 Å². The predicted molar refractivity (Wildman–Crippen MR) is 129 cm³/mol. The highest BCUT2D eigenvalue weighted by molar-refractivity contribution is 5.76. The fourth-order valence-corrected chi connectivity index (χ4v) is 4.16. The SMILES string of the molecule is CCC/C=C/C(O)C(COC1OC(CO)C(OC2OC(CO)C(O)C(O)C2O)C(O)C1O)NC(=O)CCC. The van der Waals surface area contributed by atoms with Crippen LogP contribution in [0, 0.1) is 0 Å². The lowest BCUT2D eigenvalue weighted by Gasteiger charge is -2.46.